The Balaban J connectivity index is 1.86. The van der Waals surface area contributed by atoms with Gasteiger partial charge in [0.05, 0.1) is 7.11 Å². The van der Waals surface area contributed by atoms with Gasteiger partial charge in [0.1, 0.15) is 6.04 Å². The average molecular weight is 390 g/mol. The molecule has 1 heterocycles. The maximum atomic E-state index is 12.0. The van der Waals surface area contributed by atoms with Gasteiger partial charge < -0.3 is 19.4 Å². The van der Waals surface area contributed by atoms with Crippen molar-refractivity contribution in [1.29, 1.82) is 0 Å². The Bertz CT molecular complexity index is 759. The van der Waals surface area contributed by atoms with Crippen LogP contribution < -0.4 is 5.32 Å². The van der Waals surface area contributed by atoms with Crippen LogP contribution in [0.4, 0.5) is 0 Å². The van der Waals surface area contributed by atoms with Gasteiger partial charge >= 0.3 is 11.9 Å². The van der Waals surface area contributed by atoms with Crippen molar-refractivity contribution < 1.29 is 23.9 Å². The van der Waals surface area contributed by atoms with Crippen molar-refractivity contribution >= 4 is 23.9 Å². The zero-order valence-electron chi connectivity index (χ0n) is 17.3. The lowest BCUT2D eigenvalue weighted by Crippen LogP contribution is -2.44. The van der Waals surface area contributed by atoms with Crippen LogP contribution in [-0.4, -0.2) is 42.2 Å². The van der Waals surface area contributed by atoms with E-state index in [1.54, 1.807) is 6.08 Å². The number of esters is 2. The summed E-state index contributed by atoms with van der Waals surface area (Å²) in [5, 5.41) is 2.55. The molecule has 1 amide bonds. The van der Waals surface area contributed by atoms with E-state index in [0.29, 0.717) is 12.5 Å². The molecule has 1 aromatic heterocycles. The highest BCUT2D eigenvalue weighted by molar-refractivity contribution is 5.90. The van der Waals surface area contributed by atoms with Crippen molar-refractivity contribution in [2.75, 3.05) is 13.7 Å². The summed E-state index contributed by atoms with van der Waals surface area (Å²) < 4.78 is 12.0. The first-order valence-electron chi connectivity index (χ1n) is 9.63. The minimum absolute atomic E-state index is 0.199. The summed E-state index contributed by atoms with van der Waals surface area (Å²) in [4.78, 5) is 35.7. The van der Waals surface area contributed by atoms with Crippen LogP contribution in [0.25, 0.3) is 6.08 Å². The molecular weight excluding hydrogens is 360 g/mol. The number of ether oxygens (including phenoxy) is 2. The van der Waals surface area contributed by atoms with Crippen molar-refractivity contribution in [2.24, 2.45) is 5.92 Å². The van der Waals surface area contributed by atoms with E-state index in [9.17, 15) is 14.4 Å². The summed E-state index contributed by atoms with van der Waals surface area (Å²) in [6, 6.07) is 1.86. The maximum Gasteiger partial charge on any atom is 0.331 e. The molecule has 1 N–H and O–H groups in total. The zero-order valence-corrected chi connectivity index (χ0v) is 17.3. The van der Waals surface area contributed by atoms with E-state index in [4.69, 9.17) is 9.47 Å². The molecule has 0 aromatic carbocycles. The first-order valence-corrected chi connectivity index (χ1v) is 9.63. The number of aromatic nitrogens is 1. The van der Waals surface area contributed by atoms with E-state index < -0.39 is 30.5 Å². The normalized spacial score (nSPS) is 14.9. The van der Waals surface area contributed by atoms with Crippen LogP contribution in [0.1, 0.15) is 56.1 Å². The van der Waals surface area contributed by atoms with Gasteiger partial charge in [-0.2, -0.15) is 0 Å². The first-order chi connectivity index (χ1) is 13.2. The van der Waals surface area contributed by atoms with E-state index >= 15 is 0 Å². The molecule has 1 fully saturated rings. The topological polar surface area (TPSA) is 86.6 Å². The van der Waals surface area contributed by atoms with E-state index in [0.717, 1.165) is 11.3 Å². The molecule has 28 heavy (non-hydrogen) atoms. The van der Waals surface area contributed by atoms with Crippen LogP contribution in [0.2, 0.25) is 0 Å². The highest BCUT2D eigenvalue weighted by Crippen LogP contribution is 2.38. The summed E-state index contributed by atoms with van der Waals surface area (Å²) in [7, 11) is 1.27. The maximum absolute atomic E-state index is 12.0. The van der Waals surface area contributed by atoms with Gasteiger partial charge in [-0.15, -0.1) is 0 Å². The molecule has 1 aliphatic rings. The van der Waals surface area contributed by atoms with Gasteiger partial charge in [0.25, 0.3) is 5.91 Å². The minimum atomic E-state index is -0.750. The van der Waals surface area contributed by atoms with Crippen LogP contribution in [0.3, 0.4) is 0 Å². The van der Waals surface area contributed by atoms with Crippen LogP contribution in [0, 0.1) is 19.8 Å². The van der Waals surface area contributed by atoms with Gasteiger partial charge in [-0.1, -0.05) is 13.8 Å². The molecule has 1 saturated carbocycles. The molecule has 0 aliphatic heterocycles. The third kappa shape index (κ3) is 5.97. The Labute approximate surface area is 166 Å². The number of aryl methyl sites for hydroxylation is 1. The third-order valence-electron chi connectivity index (χ3n) is 4.71. The number of nitrogens with zero attached hydrogens (tertiary/aromatic N) is 1. The Hall–Kier alpha value is -2.57. The van der Waals surface area contributed by atoms with E-state index in [1.165, 1.54) is 31.7 Å². The van der Waals surface area contributed by atoms with Crippen molar-refractivity contribution in [3.05, 3.63) is 29.1 Å². The Morgan fingerprint density at radius 3 is 2.54 bits per heavy atom. The minimum Gasteiger partial charge on any atom is -0.467 e. The predicted molar refractivity (Wildman–Crippen MR) is 106 cm³/mol. The van der Waals surface area contributed by atoms with Crippen LogP contribution >= 0.6 is 0 Å². The molecule has 2 rings (SSSR count). The van der Waals surface area contributed by atoms with Crippen molar-refractivity contribution in [3.63, 3.8) is 0 Å². The second-order valence-corrected chi connectivity index (χ2v) is 7.64. The highest BCUT2D eigenvalue weighted by Gasteiger charge is 2.26. The zero-order chi connectivity index (χ0) is 20.8. The largest absolute Gasteiger partial charge is 0.467 e. The lowest BCUT2D eigenvalue weighted by molar-refractivity contribution is -0.148. The fraction of sp³-hybridized carbons (Fsp3) is 0.571. The summed E-state index contributed by atoms with van der Waals surface area (Å²) in [5.74, 6) is -1.46. The Morgan fingerprint density at radius 1 is 1.29 bits per heavy atom. The van der Waals surface area contributed by atoms with Gasteiger partial charge in [-0.3, -0.25) is 4.79 Å². The second kappa shape index (κ2) is 9.57. The standard InChI is InChI=1S/C21H30N2O5/c1-13(2)10-18(21(26)27-5)22-19(24)12-28-20(25)9-6-16-11-14(3)23(15(16)4)17-7-8-17/h6,9,11,13,17-18H,7-8,10,12H2,1-5H3,(H,22,24)/b9-6+/t18-/m0/s1. The molecule has 0 bridgehead atoms. The highest BCUT2D eigenvalue weighted by atomic mass is 16.5. The van der Waals surface area contributed by atoms with E-state index in [1.807, 2.05) is 26.8 Å². The molecule has 154 valence electrons. The number of carbonyl (C=O) groups excluding carboxylic acids is 3. The molecule has 1 aliphatic carbocycles. The van der Waals surface area contributed by atoms with Gasteiger partial charge in [0.2, 0.25) is 0 Å². The van der Waals surface area contributed by atoms with Gasteiger partial charge in [-0.25, -0.2) is 9.59 Å². The number of hydrogen-bond donors (Lipinski definition) is 1. The van der Waals surface area contributed by atoms with E-state index in [2.05, 4.69) is 16.8 Å². The number of nitrogens with one attached hydrogen (secondary N) is 1. The molecule has 7 nitrogen and oxygen atoms in total. The average Bonchev–Trinajstić information content (AvgIpc) is 3.42. The number of amides is 1. The summed E-state index contributed by atoms with van der Waals surface area (Å²) in [5.41, 5.74) is 3.26. The molecule has 7 heteroatoms. The van der Waals surface area contributed by atoms with Crippen molar-refractivity contribution in [1.82, 2.24) is 9.88 Å². The van der Waals surface area contributed by atoms with Gasteiger partial charge in [-0.05, 0) is 56.7 Å². The fourth-order valence-corrected chi connectivity index (χ4v) is 3.27. The second-order valence-electron chi connectivity index (χ2n) is 7.64. The SMILES string of the molecule is COC(=O)[C@H](CC(C)C)NC(=O)COC(=O)/C=C/c1cc(C)n(C2CC2)c1C. The molecule has 0 unspecified atom stereocenters. The monoisotopic (exact) mass is 390 g/mol. The Kier molecular flexibility index (Phi) is 7.43. The molecule has 0 radical (unpaired) electrons. The molecule has 1 atom stereocenters. The van der Waals surface area contributed by atoms with Crippen LogP contribution in [0.5, 0.6) is 0 Å². The van der Waals surface area contributed by atoms with Gasteiger partial charge in [0.15, 0.2) is 6.61 Å². The number of hydrogen-bond acceptors (Lipinski definition) is 5. The predicted octanol–water partition coefficient (Wildman–Crippen LogP) is 2.70. The number of methoxy groups -OCH3 is 1. The smallest absolute Gasteiger partial charge is 0.331 e. The third-order valence-corrected chi connectivity index (χ3v) is 4.71. The molecule has 0 saturated heterocycles. The van der Waals surface area contributed by atoms with Crippen molar-refractivity contribution in [2.45, 2.75) is 59.0 Å². The summed E-state index contributed by atoms with van der Waals surface area (Å²) in [6.45, 7) is 7.52. The Morgan fingerprint density at radius 2 is 1.96 bits per heavy atom. The quantitative estimate of drug-likeness (QED) is 0.517. The molecule has 0 spiro atoms. The fourth-order valence-electron chi connectivity index (χ4n) is 3.27. The lowest BCUT2D eigenvalue weighted by Gasteiger charge is -2.18. The molecular formula is C21H30N2O5. The number of rotatable bonds is 9. The van der Waals surface area contributed by atoms with Crippen molar-refractivity contribution in [3.8, 4) is 0 Å². The first kappa shape index (κ1) is 21.7. The lowest BCUT2D eigenvalue weighted by atomic mass is 10.0. The van der Waals surface area contributed by atoms with Crippen LogP contribution in [-0.2, 0) is 23.9 Å². The summed E-state index contributed by atoms with van der Waals surface area (Å²) in [6.07, 6.45) is 5.86. The number of carbonyl (C=O) groups is 3. The van der Waals surface area contributed by atoms with Gasteiger partial charge in [0, 0.05) is 23.5 Å². The van der Waals surface area contributed by atoms with E-state index in [-0.39, 0.29) is 5.92 Å². The molecule has 1 aromatic rings. The van der Waals surface area contributed by atoms with Crippen LogP contribution in [0.15, 0.2) is 12.1 Å². The summed E-state index contributed by atoms with van der Waals surface area (Å²) >= 11 is 0.